The van der Waals surface area contributed by atoms with E-state index in [2.05, 4.69) is 22.5 Å². The molecule has 3 N–H and O–H groups in total. The van der Waals surface area contributed by atoms with Crippen molar-refractivity contribution >= 4 is 12.0 Å². The van der Waals surface area contributed by atoms with Crippen LogP contribution in [0.3, 0.4) is 0 Å². The Kier molecular flexibility index (Phi) is 6.78. The van der Waals surface area contributed by atoms with Gasteiger partial charge in [-0.05, 0) is 31.8 Å². The number of likely N-dealkylation sites (tertiary alicyclic amines) is 1. The smallest absolute Gasteiger partial charge is 0.326 e. The second-order valence-electron chi connectivity index (χ2n) is 5.48. The first-order valence-electron chi connectivity index (χ1n) is 7.50. The van der Waals surface area contributed by atoms with Gasteiger partial charge in [0.05, 0.1) is 0 Å². The molecule has 0 aromatic carbocycles. The lowest BCUT2D eigenvalue weighted by atomic mass is 9.99. The average Bonchev–Trinajstić information content (AvgIpc) is 2.88. The number of nitrogens with one attached hydrogen (secondary N) is 2. The Morgan fingerprint density at radius 2 is 2.10 bits per heavy atom. The van der Waals surface area contributed by atoms with Gasteiger partial charge in [-0.15, -0.1) is 0 Å². The number of rotatable bonds is 7. The SMILES string of the molecule is CCC(C)C(NC(=O)NCC1CCCN1CC)C(=O)O. The molecule has 0 bridgehead atoms. The van der Waals surface area contributed by atoms with Gasteiger partial charge in [0.15, 0.2) is 0 Å². The van der Waals surface area contributed by atoms with Crippen molar-refractivity contribution in [2.24, 2.45) is 5.92 Å². The summed E-state index contributed by atoms with van der Waals surface area (Å²) in [5, 5.41) is 14.5. The summed E-state index contributed by atoms with van der Waals surface area (Å²) >= 11 is 0. The highest BCUT2D eigenvalue weighted by atomic mass is 16.4. The summed E-state index contributed by atoms with van der Waals surface area (Å²) in [6.45, 7) is 8.49. The molecule has 6 heteroatoms. The van der Waals surface area contributed by atoms with E-state index in [1.54, 1.807) is 0 Å². The number of likely N-dealkylation sites (N-methyl/N-ethyl adjacent to an activating group) is 1. The van der Waals surface area contributed by atoms with Crippen LogP contribution in [0, 0.1) is 5.92 Å². The summed E-state index contributed by atoms with van der Waals surface area (Å²) < 4.78 is 0. The molecule has 3 atom stereocenters. The summed E-state index contributed by atoms with van der Waals surface area (Å²) in [6.07, 6.45) is 2.96. The first kappa shape index (κ1) is 16.8. The van der Waals surface area contributed by atoms with E-state index in [-0.39, 0.29) is 11.9 Å². The van der Waals surface area contributed by atoms with Gasteiger partial charge in [-0.3, -0.25) is 4.90 Å². The summed E-state index contributed by atoms with van der Waals surface area (Å²) in [6, 6.07) is -0.843. The van der Waals surface area contributed by atoms with E-state index in [4.69, 9.17) is 5.11 Å². The topological polar surface area (TPSA) is 81.7 Å². The Balaban J connectivity index is 2.40. The van der Waals surface area contributed by atoms with Gasteiger partial charge in [0.2, 0.25) is 0 Å². The van der Waals surface area contributed by atoms with Crippen LogP contribution in [-0.2, 0) is 4.79 Å². The highest BCUT2D eigenvalue weighted by Crippen LogP contribution is 2.15. The van der Waals surface area contributed by atoms with Crippen LogP contribution in [0.25, 0.3) is 0 Å². The molecule has 1 fully saturated rings. The number of carbonyl (C=O) groups excluding carboxylic acids is 1. The molecular weight excluding hydrogens is 258 g/mol. The van der Waals surface area contributed by atoms with E-state index < -0.39 is 12.0 Å². The molecule has 1 aliphatic rings. The molecule has 1 saturated heterocycles. The quantitative estimate of drug-likeness (QED) is 0.658. The zero-order chi connectivity index (χ0) is 15.1. The lowest BCUT2D eigenvalue weighted by molar-refractivity contribution is -0.140. The molecule has 2 amide bonds. The lowest BCUT2D eigenvalue weighted by Gasteiger charge is -2.24. The molecule has 0 radical (unpaired) electrons. The second kappa shape index (κ2) is 8.09. The van der Waals surface area contributed by atoms with Crippen molar-refractivity contribution in [2.45, 2.75) is 52.1 Å². The van der Waals surface area contributed by atoms with Crippen LogP contribution in [0.15, 0.2) is 0 Å². The van der Waals surface area contributed by atoms with Gasteiger partial charge >= 0.3 is 12.0 Å². The predicted molar refractivity (Wildman–Crippen MR) is 77.7 cm³/mol. The van der Waals surface area contributed by atoms with Crippen LogP contribution in [0.5, 0.6) is 0 Å². The number of aliphatic carboxylic acids is 1. The number of amides is 2. The van der Waals surface area contributed by atoms with Gasteiger partial charge in [0.25, 0.3) is 0 Å². The van der Waals surface area contributed by atoms with E-state index in [9.17, 15) is 9.59 Å². The van der Waals surface area contributed by atoms with Gasteiger partial charge in [-0.1, -0.05) is 27.2 Å². The Morgan fingerprint density at radius 1 is 1.40 bits per heavy atom. The van der Waals surface area contributed by atoms with Crippen molar-refractivity contribution in [3.63, 3.8) is 0 Å². The third kappa shape index (κ3) is 4.67. The van der Waals surface area contributed by atoms with Crippen LogP contribution in [0.4, 0.5) is 4.79 Å². The standard InChI is InChI=1S/C14H27N3O3/c1-4-10(3)12(13(18)19)16-14(20)15-9-11-7-6-8-17(11)5-2/h10-12H,4-9H2,1-3H3,(H,18,19)(H2,15,16,20). The molecule has 0 aliphatic carbocycles. The lowest BCUT2D eigenvalue weighted by Crippen LogP contribution is -2.51. The molecule has 20 heavy (non-hydrogen) atoms. The highest BCUT2D eigenvalue weighted by Gasteiger charge is 2.27. The maximum atomic E-state index is 11.8. The first-order chi connectivity index (χ1) is 9.49. The normalized spacial score (nSPS) is 22.2. The van der Waals surface area contributed by atoms with Crippen molar-refractivity contribution in [1.29, 1.82) is 0 Å². The molecule has 0 aromatic rings. The summed E-state index contributed by atoms with van der Waals surface area (Å²) in [4.78, 5) is 25.3. The summed E-state index contributed by atoms with van der Waals surface area (Å²) in [5.41, 5.74) is 0. The number of nitrogens with zero attached hydrogens (tertiary/aromatic N) is 1. The van der Waals surface area contributed by atoms with Crippen molar-refractivity contribution < 1.29 is 14.7 Å². The van der Waals surface area contributed by atoms with Crippen LogP contribution >= 0.6 is 0 Å². The largest absolute Gasteiger partial charge is 0.480 e. The van der Waals surface area contributed by atoms with E-state index >= 15 is 0 Å². The van der Waals surface area contributed by atoms with Crippen molar-refractivity contribution in [3.8, 4) is 0 Å². The molecule has 0 saturated carbocycles. The van der Waals surface area contributed by atoms with Gasteiger partial charge in [-0.2, -0.15) is 0 Å². The van der Waals surface area contributed by atoms with E-state index in [0.29, 0.717) is 19.0 Å². The van der Waals surface area contributed by atoms with E-state index in [1.165, 1.54) is 0 Å². The minimum Gasteiger partial charge on any atom is -0.480 e. The Bertz CT molecular complexity index is 336. The van der Waals surface area contributed by atoms with Crippen molar-refractivity contribution in [3.05, 3.63) is 0 Å². The fraction of sp³-hybridized carbons (Fsp3) is 0.857. The van der Waals surface area contributed by atoms with Crippen molar-refractivity contribution in [1.82, 2.24) is 15.5 Å². The van der Waals surface area contributed by atoms with Gasteiger partial charge in [0, 0.05) is 12.6 Å². The Labute approximate surface area is 120 Å². The molecule has 1 heterocycles. The molecule has 6 nitrogen and oxygen atoms in total. The predicted octanol–water partition coefficient (Wildman–Crippen LogP) is 1.27. The summed E-state index contributed by atoms with van der Waals surface area (Å²) in [7, 11) is 0. The fourth-order valence-corrected chi connectivity index (χ4v) is 2.63. The second-order valence-corrected chi connectivity index (χ2v) is 5.48. The number of hydrogen-bond donors (Lipinski definition) is 3. The van der Waals surface area contributed by atoms with E-state index in [1.807, 2.05) is 13.8 Å². The number of carboxylic acids is 1. The number of hydrogen-bond acceptors (Lipinski definition) is 3. The third-order valence-corrected chi connectivity index (χ3v) is 4.17. The zero-order valence-electron chi connectivity index (χ0n) is 12.7. The van der Waals surface area contributed by atoms with Crippen molar-refractivity contribution in [2.75, 3.05) is 19.6 Å². The first-order valence-corrected chi connectivity index (χ1v) is 7.50. The maximum absolute atomic E-state index is 11.8. The highest BCUT2D eigenvalue weighted by molar-refractivity contribution is 5.82. The Hall–Kier alpha value is -1.30. The average molecular weight is 285 g/mol. The molecule has 116 valence electrons. The molecular formula is C14H27N3O3. The molecule has 0 aromatic heterocycles. The monoisotopic (exact) mass is 285 g/mol. The number of carbonyl (C=O) groups is 2. The van der Waals surface area contributed by atoms with Crippen LogP contribution in [-0.4, -0.2) is 53.7 Å². The Morgan fingerprint density at radius 3 is 2.65 bits per heavy atom. The molecule has 0 spiro atoms. The molecule has 3 unspecified atom stereocenters. The zero-order valence-corrected chi connectivity index (χ0v) is 12.7. The molecule has 1 aliphatic heterocycles. The number of carboxylic acid groups (broad SMARTS) is 1. The summed E-state index contributed by atoms with van der Waals surface area (Å²) in [5.74, 6) is -1.07. The minimum absolute atomic E-state index is 0.0862. The molecule has 1 rings (SSSR count). The maximum Gasteiger partial charge on any atom is 0.326 e. The number of urea groups is 1. The van der Waals surface area contributed by atoms with Crippen LogP contribution in [0.1, 0.15) is 40.0 Å². The third-order valence-electron chi connectivity index (χ3n) is 4.17. The van der Waals surface area contributed by atoms with E-state index in [0.717, 1.165) is 25.9 Å². The fourth-order valence-electron chi connectivity index (χ4n) is 2.63. The van der Waals surface area contributed by atoms with Crippen LogP contribution in [0.2, 0.25) is 0 Å². The minimum atomic E-state index is -0.981. The van der Waals surface area contributed by atoms with Gasteiger partial charge in [-0.25, -0.2) is 9.59 Å². The van der Waals surface area contributed by atoms with Gasteiger partial charge in [0.1, 0.15) is 6.04 Å². The van der Waals surface area contributed by atoms with Crippen LogP contribution < -0.4 is 10.6 Å². The van der Waals surface area contributed by atoms with Gasteiger partial charge < -0.3 is 15.7 Å².